The smallest absolute Gasteiger partial charge is 0.308 e. The molecule has 1 aromatic heterocycles. The van der Waals surface area contributed by atoms with E-state index < -0.39 is 5.97 Å². The van der Waals surface area contributed by atoms with Crippen molar-refractivity contribution in [2.24, 2.45) is 5.92 Å². The molecule has 84 valence electrons. The molecule has 5 heteroatoms. The van der Waals surface area contributed by atoms with Crippen LogP contribution < -0.4 is 5.32 Å². The van der Waals surface area contributed by atoms with Crippen LogP contribution in [0.25, 0.3) is 0 Å². The molecule has 0 amide bonds. The molecule has 0 spiro atoms. The number of hydrogen-bond acceptors (Lipinski definition) is 4. The van der Waals surface area contributed by atoms with Gasteiger partial charge in [0.1, 0.15) is 0 Å². The number of hydrogen-bond donors (Lipinski definition) is 2. The van der Waals surface area contributed by atoms with Gasteiger partial charge in [-0.05, 0) is 13.3 Å². The fourth-order valence-corrected chi connectivity index (χ4v) is 2.01. The molecule has 0 aliphatic rings. The topological polar surface area (TPSA) is 62.2 Å². The summed E-state index contributed by atoms with van der Waals surface area (Å²) in [5.41, 5.74) is 0.963. The molecule has 0 fully saturated rings. The lowest BCUT2D eigenvalue weighted by atomic mass is 10.0. The number of carboxylic acid groups (broad SMARTS) is 1. The summed E-state index contributed by atoms with van der Waals surface area (Å²) in [5, 5.41) is 14.7. The highest BCUT2D eigenvalue weighted by atomic mass is 32.1. The Bertz CT molecular complexity index is 325. The third-order valence-corrected chi connectivity index (χ3v) is 3.02. The van der Waals surface area contributed by atoms with Crippen molar-refractivity contribution in [2.75, 3.05) is 11.9 Å². The molecule has 1 heterocycles. The van der Waals surface area contributed by atoms with E-state index >= 15 is 0 Å². The Morgan fingerprint density at radius 1 is 1.73 bits per heavy atom. The van der Waals surface area contributed by atoms with Crippen LogP contribution in [0.15, 0.2) is 5.38 Å². The summed E-state index contributed by atoms with van der Waals surface area (Å²) < 4.78 is 0. The fourth-order valence-electron chi connectivity index (χ4n) is 1.31. The highest BCUT2D eigenvalue weighted by molar-refractivity contribution is 7.13. The van der Waals surface area contributed by atoms with E-state index in [1.54, 1.807) is 0 Å². The quantitative estimate of drug-likeness (QED) is 0.784. The first kappa shape index (κ1) is 12.0. The Hall–Kier alpha value is -1.10. The minimum Gasteiger partial charge on any atom is -0.481 e. The van der Waals surface area contributed by atoms with Crippen molar-refractivity contribution in [1.29, 1.82) is 0 Å². The summed E-state index contributed by atoms with van der Waals surface area (Å²) in [7, 11) is 0. The van der Waals surface area contributed by atoms with Gasteiger partial charge in [-0.3, -0.25) is 4.79 Å². The van der Waals surface area contributed by atoms with Crippen molar-refractivity contribution >= 4 is 22.4 Å². The number of aromatic nitrogens is 1. The standard InChI is InChI=1S/C10H16N2O2S/c1-3-4-8(9(13)14)5-11-10-12-7(2)6-15-10/h6,8H,3-5H2,1-2H3,(H,11,12)(H,13,14). The van der Waals surface area contributed by atoms with E-state index in [0.29, 0.717) is 13.0 Å². The molecule has 0 saturated heterocycles. The molecule has 4 nitrogen and oxygen atoms in total. The van der Waals surface area contributed by atoms with Crippen molar-refractivity contribution in [3.8, 4) is 0 Å². The molecular formula is C10H16N2O2S. The van der Waals surface area contributed by atoms with Crippen LogP contribution in [0.1, 0.15) is 25.5 Å². The maximum atomic E-state index is 10.9. The predicted molar refractivity (Wildman–Crippen MR) is 61.4 cm³/mol. The van der Waals surface area contributed by atoms with Crippen LogP contribution in [0.3, 0.4) is 0 Å². The van der Waals surface area contributed by atoms with E-state index in [1.807, 2.05) is 19.2 Å². The van der Waals surface area contributed by atoms with Crippen LogP contribution >= 0.6 is 11.3 Å². The van der Waals surface area contributed by atoms with Crippen molar-refractivity contribution in [3.63, 3.8) is 0 Å². The molecule has 0 aliphatic heterocycles. The maximum absolute atomic E-state index is 10.9. The highest BCUT2D eigenvalue weighted by Crippen LogP contribution is 2.16. The Balaban J connectivity index is 2.43. The van der Waals surface area contributed by atoms with E-state index in [4.69, 9.17) is 5.11 Å². The fraction of sp³-hybridized carbons (Fsp3) is 0.600. The van der Waals surface area contributed by atoms with Crippen LogP contribution in [0, 0.1) is 12.8 Å². The third-order valence-electron chi connectivity index (χ3n) is 2.11. The molecule has 15 heavy (non-hydrogen) atoms. The first-order chi connectivity index (χ1) is 7.13. The van der Waals surface area contributed by atoms with E-state index in [9.17, 15) is 4.79 Å². The van der Waals surface area contributed by atoms with Crippen molar-refractivity contribution in [2.45, 2.75) is 26.7 Å². The summed E-state index contributed by atoms with van der Waals surface area (Å²) in [6.45, 7) is 4.36. The second-order valence-electron chi connectivity index (χ2n) is 3.50. The van der Waals surface area contributed by atoms with Gasteiger partial charge < -0.3 is 10.4 Å². The number of rotatable bonds is 6. The first-order valence-corrected chi connectivity index (χ1v) is 5.90. The molecule has 1 unspecified atom stereocenters. The monoisotopic (exact) mass is 228 g/mol. The largest absolute Gasteiger partial charge is 0.481 e. The number of nitrogens with one attached hydrogen (secondary N) is 1. The van der Waals surface area contributed by atoms with Crippen LogP contribution in [-0.4, -0.2) is 22.6 Å². The Morgan fingerprint density at radius 2 is 2.47 bits per heavy atom. The summed E-state index contributed by atoms with van der Waals surface area (Å²) >= 11 is 1.51. The molecule has 1 rings (SSSR count). The molecule has 0 radical (unpaired) electrons. The van der Waals surface area contributed by atoms with Gasteiger partial charge >= 0.3 is 5.97 Å². The Kier molecular flexibility index (Phi) is 4.55. The van der Waals surface area contributed by atoms with Crippen molar-refractivity contribution in [1.82, 2.24) is 4.98 Å². The zero-order valence-corrected chi connectivity index (χ0v) is 9.80. The normalized spacial score (nSPS) is 12.4. The molecule has 2 N–H and O–H groups in total. The zero-order chi connectivity index (χ0) is 11.3. The van der Waals surface area contributed by atoms with E-state index in [0.717, 1.165) is 17.2 Å². The van der Waals surface area contributed by atoms with E-state index in [-0.39, 0.29) is 5.92 Å². The number of aliphatic carboxylic acids is 1. The average molecular weight is 228 g/mol. The molecule has 0 saturated carbocycles. The molecule has 0 bridgehead atoms. The molecular weight excluding hydrogens is 212 g/mol. The lowest BCUT2D eigenvalue weighted by Gasteiger charge is -2.11. The first-order valence-electron chi connectivity index (χ1n) is 5.02. The minimum atomic E-state index is -0.738. The lowest BCUT2D eigenvalue weighted by molar-refractivity contribution is -0.141. The Labute approximate surface area is 93.4 Å². The molecule has 1 atom stereocenters. The molecule has 0 aromatic carbocycles. The zero-order valence-electron chi connectivity index (χ0n) is 8.99. The number of carboxylic acids is 1. The van der Waals surface area contributed by atoms with Crippen LogP contribution in [0.2, 0.25) is 0 Å². The van der Waals surface area contributed by atoms with Gasteiger partial charge in [0.2, 0.25) is 0 Å². The van der Waals surface area contributed by atoms with Gasteiger partial charge in [0.15, 0.2) is 5.13 Å². The van der Waals surface area contributed by atoms with Crippen LogP contribution in [0.4, 0.5) is 5.13 Å². The number of anilines is 1. The second-order valence-corrected chi connectivity index (χ2v) is 4.36. The SMILES string of the molecule is CCCC(CNc1nc(C)cs1)C(=O)O. The van der Waals surface area contributed by atoms with Gasteiger partial charge in [-0.15, -0.1) is 11.3 Å². The number of carbonyl (C=O) groups is 1. The Morgan fingerprint density at radius 3 is 2.93 bits per heavy atom. The van der Waals surface area contributed by atoms with Crippen LogP contribution in [-0.2, 0) is 4.79 Å². The third kappa shape index (κ3) is 3.87. The summed E-state index contributed by atoms with van der Waals surface area (Å²) in [5.74, 6) is -1.06. The van der Waals surface area contributed by atoms with Crippen LogP contribution in [0.5, 0.6) is 0 Å². The van der Waals surface area contributed by atoms with E-state index in [2.05, 4.69) is 10.3 Å². The van der Waals surface area contributed by atoms with Gasteiger partial charge in [0.25, 0.3) is 0 Å². The number of aryl methyl sites for hydroxylation is 1. The highest BCUT2D eigenvalue weighted by Gasteiger charge is 2.16. The van der Waals surface area contributed by atoms with E-state index in [1.165, 1.54) is 11.3 Å². The van der Waals surface area contributed by atoms with Gasteiger partial charge in [-0.2, -0.15) is 0 Å². The van der Waals surface area contributed by atoms with Gasteiger partial charge in [0, 0.05) is 11.9 Å². The van der Waals surface area contributed by atoms with Gasteiger partial charge in [-0.25, -0.2) is 4.98 Å². The average Bonchev–Trinajstić information content (AvgIpc) is 2.58. The second kappa shape index (κ2) is 5.70. The minimum absolute atomic E-state index is 0.320. The predicted octanol–water partition coefficient (Wildman–Crippen LogP) is 2.36. The summed E-state index contributed by atoms with van der Waals surface area (Å²) in [6, 6.07) is 0. The maximum Gasteiger partial charge on any atom is 0.308 e. The molecule has 1 aromatic rings. The molecule has 0 aliphatic carbocycles. The summed E-state index contributed by atoms with van der Waals surface area (Å²) in [4.78, 5) is 15.1. The van der Waals surface area contributed by atoms with Gasteiger partial charge in [0.05, 0.1) is 11.6 Å². The summed E-state index contributed by atoms with van der Waals surface area (Å²) in [6.07, 6.45) is 1.59. The van der Waals surface area contributed by atoms with Crippen molar-refractivity contribution < 1.29 is 9.90 Å². The lowest BCUT2D eigenvalue weighted by Crippen LogP contribution is -2.22. The van der Waals surface area contributed by atoms with Gasteiger partial charge in [-0.1, -0.05) is 13.3 Å². The van der Waals surface area contributed by atoms with Crippen molar-refractivity contribution in [3.05, 3.63) is 11.1 Å². The number of nitrogens with zero attached hydrogens (tertiary/aromatic N) is 1. The number of thiazole rings is 1.